The van der Waals surface area contributed by atoms with Gasteiger partial charge in [-0.25, -0.2) is 4.79 Å². The molecule has 176 valence electrons. The summed E-state index contributed by atoms with van der Waals surface area (Å²) in [7, 11) is 0. The van der Waals surface area contributed by atoms with Crippen LogP contribution in [0.15, 0.2) is 72.1 Å². The van der Waals surface area contributed by atoms with Crippen molar-refractivity contribution in [3.63, 3.8) is 0 Å². The highest BCUT2D eigenvalue weighted by Crippen LogP contribution is 2.16. The van der Waals surface area contributed by atoms with Gasteiger partial charge in [0, 0.05) is 38.4 Å². The highest BCUT2D eigenvalue weighted by molar-refractivity contribution is 7.12. The number of carbonyl (C=O) groups excluding carboxylic acids is 3. The number of esters is 1. The summed E-state index contributed by atoms with van der Waals surface area (Å²) in [4.78, 5) is 42.1. The Morgan fingerprint density at radius 3 is 2.29 bits per heavy atom. The molecule has 1 atom stereocenters. The normalized spacial score (nSPS) is 14.9. The number of rotatable bonds is 7. The Morgan fingerprint density at radius 2 is 1.65 bits per heavy atom. The molecule has 7 nitrogen and oxygen atoms in total. The molecule has 0 radical (unpaired) electrons. The second-order valence-corrected chi connectivity index (χ2v) is 9.09. The molecular formula is C26H27N3O4S. The number of nitrogens with zero attached hydrogens (tertiary/aromatic N) is 2. The monoisotopic (exact) mass is 477 g/mol. The number of carbonyl (C=O) groups is 3. The molecule has 2 amide bonds. The van der Waals surface area contributed by atoms with Crippen molar-refractivity contribution < 1.29 is 19.1 Å². The quantitative estimate of drug-likeness (QED) is 0.523. The second kappa shape index (κ2) is 11.1. The van der Waals surface area contributed by atoms with Gasteiger partial charge < -0.3 is 15.0 Å². The zero-order chi connectivity index (χ0) is 23.9. The molecule has 34 heavy (non-hydrogen) atoms. The van der Waals surface area contributed by atoms with Crippen LogP contribution >= 0.6 is 11.3 Å². The number of benzene rings is 2. The maximum atomic E-state index is 12.8. The Bertz CT molecular complexity index is 1110. The van der Waals surface area contributed by atoms with Gasteiger partial charge in [-0.2, -0.15) is 0 Å². The van der Waals surface area contributed by atoms with Gasteiger partial charge in [0.25, 0.3) is 11.8 Å². The molecule has 8 heteroatoms. The minimum Gasteiger partial charge on any atom is -0.449 e. The lowest BCUT2D eigenvalue weighted by Crippen LogP contribution is -2.51. The van der Waals surface area contributed by atoms with E-state index in [0.29, 0.717) is 29.2 Å². The van der Waals surface area contributed by atoms with Gasteiger partial charge in [-0.05, 0) is 48.2 Å². The van der Waals surface area contributed by atoms with Gasteiger partial charge in [0.2, 0.25) is 0 Å². The third-order valence-corrected chi connectivity index (χ3v) is 6.56. The number of hydrogen-bond acceptors (Lipinski definition) is 6. The first-order valence-corrected chi connectivity index (χ1v) is 12.1. The van der Waals surface area contributed by atoms with E-state index in [4.69, 9.17) is 4.74 Å². The first-order chi connectivity index (χ1) is 16.5. The predicted octanol–water partition coefficient (Wildman–Crippen LogP) is 3.89. The third-order valence-electron chi connectivity index (χ3n) is 5.69. The molecule has 0 aliphatic carbocycles. The molecule has 2 aromatic carbocycles. The molecule has 1 aliphatic rings. The number of ether oxygens (including phenoxy) is 1. The Kier molecular flexibility index (Phi) is 7.72. The van der Waals surface area contributed by atoms with E-state index in [9.17, 15) is 14.4 Å². The van der Waals surface area contributed by atoms with E-state index in [1.807, 2.05) is 29.6 Å². The highest BCUT2D eigenvalue weighted by Gasteiger charge is 2.27. The van der Waals surface area contributed by atoms with Crippen LogP contribution in [0.2, 0.25) is 0 Å². The molecule has 1 unspecified atom stereocenters. The first kappa shape index (κ1) is 23.7. The van der Waals surface area contributed by atoms with Crippen molar-refractivity contribution in [2.24, 2.45) is 0 Å². The lowest BCUT2D eigenvalue weighted by molar-refractivity contribution is -0.141. The van der Waals surface area contributed by atoms with Crippen LogP contribution in [0.5, 0.6) is 0 Å². The topological polar surface area (TPSA) is 78.9 Å². The number of hydrogen-bond donors (Lipinski definition) is 1. The largest absolute Gasteiger partial charge is 0.449 e. The fourth-order valence-corrected chi connectivity index (χ4v) is 4.41. The van der Waals surface area contributed by atoms with E-state index in [0.717, 1.165) is 19.6 Å². The molecule has 2 heterocycles. The van der Waals surface area contributed by atoms with Crippen molar-refractivity contribution in [1.82, 2.24) is 9.80 Å². The number of anilines is 1. The minimum atomic E-state index is -0.869. The van der Waals surface area contributed by atoms with Crippen molar-refractivity contribution in [2.45, 2.75) is 19.6 Å². The molecule has 1 fully saturated rings. The molecule has 1 aromatic heterocycles. The Balaban J connectivity index is 1.24. The van der Waals surface area contributed by atoms with E-state index < -0.39 is 12.1 Å². The summed E-state index contributed by atoms with van der Waals surface area (Å²) < 4.78 is 5.42. The fourth-order valence-electron chi connectivity index (χ4n) is 3.79. The van der Waals surface area contributed by atoms with Crippen LogP contribution in [0.1, 0.15) is 32.5 Å². The average molecular weight is 478 g/mol. The van der Waals surface area contributed by atoms with E-state index >= 15 is 0 Å². The van der Waals surface area contributed by atoms with Gasteiger partial charge in [0.15, 0.2) is 6.10 Å². The van der Waals surface area contributed by atoms with Crippen LogP contribution in [-0.2, 0) is 16.1 Å². The number of amides is 2. The second-order valence-electron chi connectivity index (χ2n) is 8.14. The zero-order valence-corrected chi connectivity index (χ0v) is 19.8. The first-order valence-electron chi connectivity index (χ1n) is 11.2. The third kappa shape index (κ3) is 6.09. The van der Waals surface area contributed by atoms with Crippen LogP contribution < -0.4 is 5.32 Å². The summed E-state index contributed by atoms with van der Waals surface area (Å²) in [6, 6.07) is 20.2. The Morgan fingerprint density at radius 1 is 0.941 bits per heavy atom. The van der Waals surface area contributed by atoms with Gasteiger partial charge in [-0.15, -0.1) is 11.3 Å². The summed E-state index contributed by atoms with van der Waals surface area (Å²) in [5.74, 6) is -0.958. The van der Waals surface area contributed by atoms with Gasteiger partial charge in [-0.3, -0.25) is 14.5 Å². The molecule has 1 saturated heterocycles. The van der Waals surface area contributed by atoms with Crippen LogP contribution in [0.4, 0.5) is 5.69 Å². The average Bonchev–Trinajstić information content (AvgIpc) is 3.40. The molecule has 4 rings (SSSR count). The lowest BCUT2D eigenvalue weighted by atomic mass is 10.2. The SMILES string of the molecule is CC(OC(=O)c1ccc(NC(=O)c2cccs2)cc1)C(=O)N1CCN(Cc2ccccc2)CC1. The Hall–Kier alpha value is -3.49. The molecule has 1 N–H and O–H groups in total. The van der Waals surface area contributed by atoms with Gasteiger partial charge >= 0.3 is 5.97 Å². The number of piperazine rings is 1. The summed E-state index contributed by atoms with van der Waals surface area (Å²) >= 11 is 1.35. The van der Waals surface area contributed by atoms with Crippen molar-refractivity contribution in [1.29, 1.82) is 0 Å². The summed E-state index contributed by atoms with van der Waals surface area (Å²) in [5.41, 5.74) is 2.15. The van der Waals surface area contributed by atoms with E-state index in [-0.39, 0.29) is 11.8 Å². The minimum absolute atomic E-state index is 0.187. The molecular weight excluding hydrogens is 450 g/mol. The number of thiophene rings is 1. The number of nitrogens with one attached hydrogen (secondary N) is 1. The molecule has 3 aromatic rings. The summed E-state index contributed by atoms with van der Waals surface area (Å²) in [6.07, 6.45) is -0.869. The predicted molar refractivity (Wildman–Crippen MR) is 132 cm³/mol. The smallest absolute Gasteiger partial charge is 0.338 e. The van der Waals surface area contributed by atoms with Crippen LogP contribution in [0.25, 0.3) is 0 Å². The maximum absolute atomic E-state index is 12.8. The molecule has 1 aliphatic heterocycles. The van der Waals surface area contributed by atoms with Gasteiger partial charge in [-0.1, -0.05) is 36.4 Å². The van der Waals surface area contributed by atoms with Crippen molar-refractivity contribution in [3.8, 4) is 0 Å². The molecule has 0 bridgehead atoms. The lowest BCUT2D eigenvalue weighted by Gasteiger charge is -2.35. The van der Waals surface area contributed by atoms with Crippen LogP contribution in [0, 0.1) is 0 Å². The van der Waals surface area contributed by atoms with Crippen LogP contribution in [0.3, 0.4) is 0 Å². The summed E-state index contributed by atoms with van der Waals surface area (Å²) in [5, 5.41) is 4.62. The van der Waals surface area contributed by atoms with Crippen molar-refractivity contribution >= 4 is 34.8 Å². The molecule has 0 spiro atoms. The van der Waals surface area contributed by atoms with Crippen LogP contribution in [-0.4, -0.2) is 59.9 Å². The van der Waals surface area contributed by atoms with E-state index in [1.165, 1.54) is 16.9 Å². The zero-order valence-electron chi connectivity index (χ0n) is 19.0. The van der Waals surface area contributed by atoms with Gasteiger partial charge in [0.1, 0.15) is 0 Å². The van der Waals surface area contributed by atoms with E-state index in [1.54, 1.807) is 42.2 Å². The van der Waals surface area contributed by atoms with Gasteiger partial charge in [0.05, 0.1) is 10.4 Å². The summed E-state index contributed by atoms with van der Waals surface area (Å²) in [6.45, 7) is 5.22. The fraction of sp³-hybridized carbons (Fsp3) is 0.269. The standard InChI is InChI=1S/C26H27N3O4S/c1-19(25(31)29-15-13-28(14-16-29)18-20-6-3-2-4-7-20)33-26(32)21-9-11-22(12-10-21)27-24(30)23-8-5-17-34-23/h2-12,17,19H,13-16,18H2,1H3,(H,27,30). The maximum Gasteiger partial charge on any atom is 0.338 e. The highest BCUT2D eigenvalue weighted by atomic mass is 32.1. The van der Waals surface area contributed by atoms with E-state index in [2.05, 4.69) is 22.3 Å². The molecule has 0 saturated carbocycles. The van der Waals surface area contributed by atoms with Crippen molar-refractivity contribution in [3.05, 3.63) is 88.1 Å². The Labute approximate surface area is 202 Å². The van der Waals surface area contributed by atoms with Crippen molar-refractivity contribution in [2.75, 3.05) is 31.5 Å².